The number of methoxy groups -OCH3 is 1. The van der Waals surface area contributed by atoms with Crippen molar-refractivity contribution >= 4 is 5.91 Å². The third-order valence-electron chi connectivity index (χ3n) is 4.86. The Kier molecular flexibility index (Phi) is 4.79. The third-order valence-corrected chi connectivity index (χ3v) is 4.86. The number of nitrogens with zero attached hydrogens (tertiary/aromatic N) is 1. The van der Waals surface area contributed by atoms with E-state index >= 15 is 0 Å². The molecule has 2 aliphatic rings. The number of morpholine rings is 1. The molecule has 1 saturated heterocycles. The van der Waals surface area contributed by atoms with E-state index in [2.05, 4.69) is 19.1 Å². The maximum atomic E-state index is 12.8. The van der Waals surface area contributed by atoms with Crippen molar-refractivity contribution in [1.82, 2.24) is 4.90 Å². The van der Waals surface area contributed by atoms with Gasteiger partial charge in [-0.25, -0.2) is 0 Å². The van der Waals surface area contributed by atoms with Crippen LogP contribution in [-0.2, 0) is 20.7 Å². The van der Waals surface area contributed by atoms with Gasteiger partial charge in [-0.3, -0.25) is 4.79 Å². The molecular weight excluding hydrogens is 278 g/mol. The number of aryl methyl sites for hydroxylation is 1. The maximum absolute atomic E-state index is 12.8. The quantitative estimate of drug-likeness (QED) is 0.860. The molecule has 0 N–H and O–H groups in total. The molecule has 1 amide bonds. The molecule has 1 aliphatic carbocycles. The topological polar surface area (TPSA) is 38.8 Å². The second kappa shape index (κ2) is 6.80. The van der Waals surface area contributed by atoms with Crippen LogP contribution >= 0.6 is 0 Å². The first-order valence-corrected chi connectivity index (χ1v) is 8.17. The van der Waals surface area contributed by atoms with Crippen molar-refractivity contribution in [1.29, 1.82) is 0 Å². The lowest BCUT2D eigenvalue weighted by Gasteiger charge is -2.45. The van der Waals surface area contributed by atoms with E-state index in [1.54, 1.807) is 7.11 Å². The number of fused-ring (bicyclic) bond motifs is 1. The van der Waals surface area contributed by atoms with Crippen LogP contribution in [-0.4, -0.2) is 49.3 Å². The van der Waals surface area contributed by atoms with Crippen molar-refractivity contribution in [3.05, 3.63) is 35.4 Å². The number of carbonyl (C=O) groups excluding carboxylic acids is 1. The van der Waals surface area contributed by atoms with Crippen LogP contribution in [0.2, 0.25) is 0 Å². The lowest BCUT2D eigenvalue weighted by atomic mass is 9.87. The van der Waals surface area contributed by atoms with Crippen LogP contribution in [0.1, 0.15) is 30.4 Å². The highest BCUT2D eigenvalue weighted by molar-refractivity contribution is 5.79. The van der Waals surface area contributed by atoms with E-state index in [0.717, 1.165) is 24.8 Å². The molecule has 4 heteroatoms. The Bertz CT molecular complexity index is 531. The van der Waals surface area contributed by atoms with Crippen LogP contribution in [0.4, 0.5) is 0 Å². The SMILES string of the molecule is CO[C@@H]1CC[C@@H]2OCCN(C(=O)Cc3cccc(C)c3)[C@H]2C1. The second-order valence-corrected chi connectivity index (χ2v) is 6.40. The predicted octanol–water partition coefficient (Wildman–Crippen LogP) is 2.33. The number of benzene rings is 1. The molecule has 1 aromatic rings. The summed E-state index contributed by atoms with van der Waals surface area (Å²) < 4.78 is 11.4. The Morgan fingerprint density at radius 1 is 1.41 bits per heavy atom. The minimum absolute atomic E-state index is 0.171. The van der Waals surface area contributed by atoms with Gasteiger partial charge in [-0.15, -0.1) is 0 Å². The highest BCUT2D eigenvalue weighted by atomic mass is 16.5. The molecule has 0 unspecified atom stereocenters. The van der Waals surface area contributed by atoms with Crippen molar-refractivity contribution in [3.8, 4) is 0 Å². The first kappa shape index (κ1) is 15.5. The van der Waals surface area contributed by atoms with E-state index in [4.69, 9.17) is 9.47 Å². The van der Waals surface area contributed by atoms with Gasteiger partial charge in [0.05, 0.1) is 31.3 Å². The first-order valence-electron chi connectivity index (χ1n) is 8.17. The van der Waals surface area contributed by atoms with Crippen LogP contribution in [0.3, 0.4) is 0 Å². The monoisotopic (exact) mass is 303 g/mol. The van der Waals surface area contributed by atoms with E-state index in [-0.39, 0.29) is 24.2 Å². The van der Waals surface area contributed by atoms with Gasteiger partial charge < -0.3 is 14.4 Å². The average molecular weight is 303 g/mol. The molecule has 3 atom stereocenters. The van der Waals surface area contributed by atoms with Gasteiger partial charge in [0.2, 0.25) is 5.91 Å². The van der Waals surface area contributed by atoms with Gasteiger partial charge in [0, 0.05) is 13.7 Å². The van der Waals surface area contributed by atoms with E-state index in [0.29, 0.717) is 19.6 Å². The summed E-state index contributed by atoms with van der Waals surface area (Å²) in [6.45, 7) is 3.41. The molecule has 4 nitrogen and oxygen atoms in total. The summed E-state index contributed by atoms with van der Waals surface area (Å²) in [4.78, 5) is 14.8. The maximum Gasteiger partial charge on any atom is 0.227 e. The predicted molar refractivity (Wildman–Crippen MR) is 84.8 cm³/mol. The molecule has 0 aromatic heterocycles. The lowest BCUT2D eigenvalue weighted by Crippen LogP contribution is -2.57. The summed E-state index contributed by atoms with van der Waals surface area (Å²) in [5.74, 6) is 0.209. The Morgan fingerprint density at radius 3 is 3.05 bits per heavy atom. The standard InChI is InChI=1S/C18H25NO3/c1-13-4-3-5-14(10-13)11-18(20)19-8-9-22-17-7-6-15(21-2)12-16(17)19/h3-5,10,15-17H,6-9,11-12H2,1-2H3/t15-,16+,17+/m1/s1. The molecule has 1 heterocycles. The van der Waals surface area contributed by atoms with Gasteiger partial charge in [-0.05, 0) is 31.7 Å². The Labute approximate surface area is 132 Å². The normalized spacial score (nSPS) is 28.3. The second-order valence-electron chi connectivity index (χ2n) is 6.40. The number of rotatable bonds is 3. The number of hydrogen-bond acceptors (Lipinski definition) is 3. The van der Waals surface area contributed by atoms with E-state index in [1.807, 2.05) is 17.0 Å². The molecule has 0 radical (unpaired) electrons. The number of carbonyl (C=O) groups is 1. The van der Waals surface area contributed by atoms with Crippen LogP contribution in [0.15, 0.2) is 24.3 Å². The van der Waals surface area contributed by atoms with Crippen molar-refractivity contribution in [3.63, 3.8) is 0 Å². The molecule has 1 aromatic carbocycles. The van der Waals surface area contributed by atoms with Gasteiger partial charge in [-0.1, -0.05) is 29.8 Å². The molecule has 22 heavy (non-hydrogen) atoms. The Hall–Kier alpha value is -1.39. The number of amides is 1. The molecule has 120 valence electrons. The van der Waals surface area contributed by atoms with Crippen molar-refractivity contribution in [2.45, 2.75) is 50.9 Å². The average Bonchev–Trinajstić information content (AvgIpc) is 2.53. The van der Waals surface area contributed by atoms with Crippen molar-refractivity contribution < 1.29 is 14.3 Å². The lowest BCUT2D eigenvalue weighted by molar-refractivity contribution is -0.154. The molecule has 0 spiro atoms. The molecule has 1 saturated carbocycles. The molecular formula is C18H25NO3. The third kappa shape index (κ3) is 3.33. The largest absolute Gasteiger partial charge is 0.381 e. The Morgan fingerprint density at radius 2 is 2.27 bits per heavy atom. The molecule has 3 rings (SSSR count). The zero-order valence-corrected chi connectivity index (χ0v) is 13.5. The minimum Gasteiger partial charge on any atom is -0.381 e. The van der Waals surface area contributed by atoms with Gasteiger partial charge in [0.25, 0.3) is 0 Å². The van der Waals surface area contributed by atoms with Crippen LogP contribution in [0.25, 0.3) is 0 Å². The van der Waals surface area contributed by atoms with E-state index in [1.165, 1.54) is 5.56 Å². The van der Waals surface area contributed by atoms with Crippen LogP contribution < -0.4 is 0 Å². The summed E-state index contributed by atoms with van der Waals surface area (Å²) in [7, 11) is 1.76. The van der Waals surface area contributed by atoms with Crippen LogP contribution in [0.5, 0.6) is 0 Å². The summed E-state index contributed by atoms with van der Waals surface area (Å²) in [6.07, 6.45) is 3.80. The number of ether oxygens (including phenoxy) is 2. The summed E-state index contributed by atoms with van der Waals surface area (Å²) in [6, 6.07) is 8.37. The zero-order chi connectivity index (χ0) is 15.5. The summed E-state index contributed by atoms with van der Waals surface area (Å²) in [5, 5.41) is 0. The van der Waals surface area contributed by atoms with E-state index < -0.39 is 0 Å². The summed E-state index contributed by atoms with van der Waals surface area (Å²) >= 11 is 0. The van der Waals surface area contributed by atoms with Gasteiger partial charge in [0.15, 0.2) is 0 Å². The molecule has 1 aliphatic heterocycles. The van der Waals surface area contributed by atoms with Crippen molar-refractivity contribution in [2.24, 2.45) is 0 Å². The van der Waals surface area contributed by atoms with Gasteiger partial charge in [0.1, 0.15) is 0 Å². The van der Waals surface area contributed by atoms with Gasteiger partial charge in [-0.2, -0.15) is 0 Å². The first-order chi connectivity index (χ1) is 10.7. The van der Waals surface area contributed by atoms with Crippen molar-refractivity contribution in [2.75, 3.05) is 20.3 Å². The Balaban J connectivity index is 1.70. The molecule has 0 bridgehead atoms. The number of hydrogen-bond donors (Lipinski definition) is 0. The molecule has 2 fully saturated rings. The smallest absolute Gasteiger partial charge is 0.227 e. The zero-order valence-electron chi connectivity index (χ0n) is 13.5. The van der Waals surface area contributed by atoms with Crippen LogP contribution in [0, 0.1) is 6.92 Å². The van der Waals surface area contributed by atoms with E-state index in [9.17, 15) is 4.79 Å². The highest BCUT2D eigenvalue weighted by Gasteiger charge is 2.39. The van der Waals surface area contributed by atoms with Gasteiger partial charge >= 0.3 is 0 Å². The minimum atomic E-state index is 0.171. The fourth-order valence-corrected chi connectivity index (χ4v) is 3.69. The fourth-order valence-electron chi connectivity index (χ4n) is 3.69. The summed E-state index contributed by atoms with van der Waals surface area (Å²) in [5.41, 5.74) is 2.29. The fraction of sp³-hybridized carbons (Fsp3) is 0.611. The highest BCUT2D eigenvalue weighted by Crippen LogP contribution is 2.30.